The average molecular weight is 338 g/mol. The van der Waals surface area contributed by atoms with Crippen molar-refractivity contribution in [1.29, 1.82) is 0 Å². The van der Waals surface area contributed by atoms with Gasteiger partial charge in [-0.15, -0.1) is 11.3 Å². The smallest absolute Gasteiger partial charge is 0.191 e. The molecule has 0 radical (unpaired) electrons. The van der Waals surface area contributed by atoms with Crippen LogP contribution in [0.25, 0.3) is 0 Å². The molecule has 1 unspecified atom stereocenters. The van der Waals surface area contributed by atoms with Gasteiger partial charge >= 0.3 is 0 Å². The van der Waals surface area contributed by atoms with Gasteiger partial charge in [0.25, 0.3) is 0 Å². The van der Waals surface area contributed by atoms with E-state index in [4.69, 9.17) is 16.3 Å². The fourth-order valence-electron chi connectivity index (χ4n) is 2.04. The highest BCUT2D eigenvalue weighted by molar-refractivity contribution is 7.09. The molecule has 0 aliphatic heterocycles. The molecule has 0 aliphatic carbocycles. The van der Waals surface area contributed by atoms with Gasteiger partial charge in [0.1, 0.15) is 0 Å². The van der Waals surface area contributed by atoms with Gasteiger partial charge in [-0.1, -0.05) is 29.8 Å². The third kappa shape index (κ3) is 5.02. The molecule has 0 bridgehead atoms. The summed E-state index contributed by atoms with van der Waals surface area (Å²) in [6.07, 6.45) is -0.0843. The molecule has 0 spiro atoms. The Labute approximate surface area is 140 Å². The number of benzene rings is 1. The van der Waals surface area contributed by atoms with Crippen LogP contribution in [0, 0.1) is 0 Å². The van der Waals surface area contributed by atoms with Crippen LogP contribution in [0.1, 0.15) is 16.5 Å². The van der Waals surface area contributed by atoms with Gasteiger partial charge in [-0.05, 0) is 29.1 Å². The first kappa shape index (κ1) is 16.8. The summed E-state index contributed by atoms with van der Waals surface area (Å²) in [4.78, 5) is 5.49. The number of rotatable bonds is 6. The van der Waals surface area contributed by atoms with Gasteiger partial charge in [-0.3, -0.25) is 4.99 Å². The van der Waals surface area contributed by atoms with Gasteiger partial charge in [0.2, 0.25) is 0 Å². The molecule has 0 saturated carbocycles. The lowest BCUT2D eigenvalue weighted by atomic mass is 10.1. The monoisotopic (exact) mass is 337 g/mol. The number of halogens is 1. The number of nitrogens with one attached hydrogen (secondary N) is 2. The Morgan fingerprint density at radius 2 is 2.18 bits per heavy atom. The molecule has 2 N–H and O–H groups in total. The fraction of sp³-hybridized carbons (Fsp3) is 0.312. The first-order chi connectivity index (χ1) is 10.7. The molecule has 0 fully saturated rings. The van der Waals surface area contributed by atoms with Crippen LogP contribution in [0.15, 0.2) is 46.8 Å². The lowest BCUT2D eigenvalue weighted by molar-refractivity contribution is 0.106. The van der Waals surface area contributed by atoms with Gasteiger partial charge in [0.05, 0.1) is 12.6 Å². The van der Waals surface area contributed by atoms with Crippen LogP contribution >= 0.6 is 22.9 Å². The molecule has 1 aromatic carbocycles. The summed E-state index contributed by atoms with van der Waals surface area (Å²) in [5, 5.41) is 9.33. The molecule has 2 aromatic rings. The van der Waals surface area contributed by atoms with E-state index >= 15 is 0 Å². The van der Waals surface area contributed by atoms with Crippen LogP contribution in [0.2, 0.25) is 5.02 Å². The van der Waals surface area contributed by atoms with E-state index in [0.717, 1.165) is 18.1 Å². The molecular formula is C16H20ClN3OS. The number of hydrogen-bond donors (Lipinski definition) is 2. The van der Waals surface area contributed by atoms with Crippen LogP contribution in [0.3, 0.4) is 0 Å². The standard InChI is InChI=1S/C16H20ClN3OS/c1-18-16(19-10-14-7-4-8-22-14)20-11-15(21-2)12-5-3-6-13(17)9-12/h3-9,15H,10-11H2,1-2H3,(H2,18,19,20). The summed E-state index contributed by atoms with van der Waals surface area (Å²) in [7, 11) is 3.44. The minimum Gasteiger partial charge on any atom is -0.375 e. The van der Waals surface area contributed by atoms with E-state index in [1.165, 1.54) is 4.88 Å². The first-order valence-electron chi connectivity index (χ1n) is 6.98. The minimum absolute atomic E-state index is 0.0843. The summed E-state index contributed by atoms with van der Waals surface area (Å²) < 4.78 is 5.53. The SMILES string of the molecule is CN=C(NCc1cccs1)NCC(OC)c1cccc(Cl)c1. The lowest BCUT2D eigenvalue weighted by Crippen LogP contribution is -2.39. The summed E-state index contributed by atoms with van der Waals surface area (Å²) in [6, 6.07) is 11.8. The predicted molar refractivity (Wildman–Crippen MR) is 93.7 cm³/mol. The van der Waals surface area contributed by atoms with E-state index in [2.05, 4.69) is 27.1 Å². The number of methoxy groups -OCH3 is 1. The normalized spacial score (nSPS) is 13.0. The van der Waals surface area contributed by atoms with Gasteiger partial charge in [-0.2, -0.15) is 0 Å². The molecule has 1 heterocycles. The summed E-state index contributed by atoms with van der Waals surface area (Å²) in [5.74, 6) is 0.748. The third-order valence-electron chi connectivity index (χ3n) is 3.19. The van der Waals surface area contributed by atoms with E-state index in [9.17, 15) is 0 Å². The number of nitrogens with zero attached hydrogens (tertiary/aromatic N) is 1. The van der Waals surface area contributed by atoms with Crippen LogP contribution in [0.4, 0.5) is 0 Å². The molecule has 0 amide bonds. The Balaban J connectivity index is 1.88. The van der Waals surface area contributed by atoms with Crippen molar-refractivity contribution in [1.82, 2.24) is 10.6 Å². The van der Waals surface area contributed by atoms with E-state index in [1.807, 2.05) is 30.3 Å². The Morgan fingerprint density at radius 1 is 1.32 bits per heavy atom. The van der Waals surface area contributed by atoms with Crippen molar-refractivity contribution in [2.24, 2.45) is 4.99 Å². The number of ether oxygens (including phenoxy) is 1. The second kappa shape index (κ2) is 8.78. The van der Waals surface area contributed by atoms with Crippen LogP contribution in [-0.4, -0.2) is 26.7 Å². The van der Waals surface area contributed by atoms with E-state index in [1.54, 1.807) is 25.5 Å². The van der Waals surface area contributed by atoms with Crippen LogP contribution in [0.5, 0.6) is 0 Å². The maximum atomic E-state index is 6.03. The highest BCUT2D eigenvalue weighted by Crippen LogP contribution is 2.19. The van der Waals surface area contributed by atoms with Crippen molar-refractivity contribution >= 4 is 28.9 Å². The van der Waals surface area contributed by atoms with Crippen LogP contribution < -0.4 is 10.6 Å². The molecule has 0 saturated heterocycles. The highest BCUT2D eigenvalue weighted by atomic mass is 35.5. The van der Waals surface area contributed by atoms with Crippen molar-refractivity contribution in [2.75, 3.05) is 20.7 Å². The Morgan fingerprint density at radius 3 is 2.82 bits per heavy atom. The third-order valence-corrected chi connectivity index (χ3v) is 4.31. The lowest BCUT2D eigenvalue weighted by Gasteiger charge is -2.18. The number of hydrogen-bond acceptors (Lipinski definition) is 3. The van der Waals surface area contributed by atoms with Crippen LogP contribution in [-0.2, 0) is 11.3 Å². The molecule has 118 valence electrons. The van der Waals surface area contributed by atoms with Gasteiger partial charge < -0.3 is 15.4 Å². The van der Waals surface area contributed by atoms with E-state index in [0.29, 0.717) is 11.6 Å². The summed E-state index contributed by atoms with van der Waals surface area (Å²) in [5.41, 5.74) is 1.04. The Hall–Kier alpha value is -1.56. The fourth-order valence-corrected chi connectivity index (χ4v) is 2.88. The molecule has 1 atom stereocenters. The Bertz CT molecular complexity index is 601. The minimum atomic E-state index is -0.0843. The zero-order valence-electron chi connectivity index (χ0n) is 12.7. The number of aliphatic imine (C=N–C) groups is 1. The maximum absolute atomic E-state index is 6.03. The molecule has 6 heteroatoms. The molecule has 2 rings (SSSR count). The largest absolute Gasteiger partial charge is 0.375 e. The number of guanidine groups is 1. The molecule has 1 aromatic heterocycles. The second-order valence-electron chi connectivity index (χ2n) is 4.67. The van der Waals surface area contributed by atoms with E-state index < -0.39 is 0 Å². The van der Waals surface area contributed by atoms with Gasteiger partial charge in [0.15, 0.2) is 5.96 Å². The van der Waals surface area contributed by atoms with Crippen molar-refractivity contribution in [3.63, 3.8) is 0 Å². The highest BCUT2D eigenvalue weighted by Gasteiger charge is 2.11. The quantitative estimate of drug-likeness (QED) is 0.627. The molecule has 4 nitrogen and oxygen atoms in total. The Kier molecular flexibility index (Phi) is 6.71. The van der Waals surface area contributed by atoms with Crippen molar-refractivity contribution < 1.29 is 4.74 Å². The number of thiophene rings is 1. The molecule has 0 aliphatic rings. The molecule has 22 heavy (non-hydrogen) atoms. The maximum Gasteiger partial charge on any atom is 0.191 e. The first-order valence-corrected chi connectivity index (χ1v) is 8.24. The zero-order chi connectivity index (χ0) is 15.8. The summed E-state index contributed by atoms with van der Waals surface area (Å²) in [6.45, 7) is 1.37. The topological polar surface area (TPSA) is 45.7 Å². The second-order valence-corrected chi connectivity index (χ2v) is 6.13. The van der Waals surface area contributed by atoms with Gasteiger partial charge in [0, 0.05) is 30.6 Å². The van der Waals surface area contributed by atoms with Crippen molar-refractivity contribution in [3.05, 3.63) is 57.2 Å². The predicted octanol–water partition coefficient (Wildman–Crippen LogP) is 3.45. The zero-order valence-corrected chi connectivity index (χ0v) is 14.2. The van der Waals surface area contributed by atoms with E-state index in [-0.39, 0.29) is 6.10 Å². The molecular weight excluding hydrogens is 318 g/mol. The van der Waals surface area contributed by atoms with Gasteiger partial charge in [-0.25, -0.2) is 0 Å². The summed E-state index contributed by atoms with van der Waals surface area (Å²) >= 11 is 7.75. The van der Waals surface area contributed by atoms with Crippen molar-refractivity contribution in [3.8, 4) is 0 Å². The van der Waals surface area contributed by atoms with Crippen molar-refractivity contribution in [2.45, 2.75) is 12.6 Å². The average Bonchev–Trinajstić information content (AvgIpc) is 3.04.